The van der Waals surface area contributed by atoms with E-state index >= 15 is 0 Å². The molecule has 5 nitrogen and oxygen atoms in total. The number of amides is 1. The Balaban J connectivity index is 2.04. The van der Waals surface area contributed by atoms with Gasteiger partial charge in [-0.15, -0.1) is 0 Å². The van der Waals surface area contributed by atoms with Crippen LogP contribution in [0.1, 0.15) is 36.0 Å². The number of nitrogens with one attached hydrogen (secondary N) is 1. The first-order valence-corrected chi connectivity index (χ1v) is 6.84. The van der Waals surface area contributed by atoms with Gasteiger partial charge in [-0.25, -0.2) is 0 Å². The van der Waals surface area contributed by atoms with Gasteiger partial charge in [0.2, 0.25) is 0 Å². The molecule has 1 saturated carbocycles. The Morgan fingerprint density at radius 1 is 1.10 bits per heavy atom. The molecule has 1 aliphatic carbocycles. The van der Waals surface area contributed by atoms with Gasteiger partial charge in [-0.05, 0) is 37.8 Å². The molecule has 1 aromatic carbocycles. The van der Waals surface area contributed by atoms with E-state index in [1.807, 2.05) is 0 Å². The van der Waals surface area contributed by atoms with Crippen LogP contribution >= 0.6 is 0 Å². The van der Waals surface area contributed by atoms with E-state index < -0.39 is 0 Å². The molecule has 1 aliphatic rings. The van der Waals surface area contributed by atoms with Gasteiger partial charge in [-0.3, -0.25) is 4.79 Å². The van der Waals surface area contributed by atoms with Gasteiger partial charge in [0.25, 0.3) is 5.91 Å². The van der Waals surface area contributed by atoms with Crippen molar-refractivity contribution in [3.05, 3.63) is 23.8 Å². The average Bonchev–Trinajstić information content (AvgIpc) is 2.48. The van der Waals surface area contributed by atoms with Crippen molar-refractivity contribution in [3.63, 3.8) is 0 Å². The minimum Gasteiger partial charge on any atom is -0.497 e. The molecular formula is C15H21NO4. The van der Waals surface area contributed by atoms with E-state index in [4.69, 9.17) is 9.47 Å². The van der Waals surface area contributed by atoms with Crippen molar-refractivity contribution in [1.29, 1.82) is 0 Å². The Morgan fingerprint density at radius 2 is 1.65 bits per heavy atom. The highest BCUT2D eigenvalue weighted by Gasteiger charge is 2.21. The highest BCUT2D eigenvalue weighted by Crippen LogP contribution is 2.23. The van der Waals surface area contributed by atoms with Crippen LogP contribution in [0.4, 0.5) is 0 Å². The topological polar surface area (TPSA) is 67.8 Å². The lowest BCUT2D eigenvalue weighted by Gasteiger charge is -2.26. The molecule has 110 valence electrons. The van der Waals surface area contributed by atoms with Crippen LogP contribution in [-0.2, 0) is 0 Å². The highest BCUT2D eigenvalue weighted by atomic mass is 16.5. The number of methoxy groups -OCH3 is 2. The summed E-state index contributed by atoms with van der Waals surface area (Å²) in [6.07, 6.45) is 2.89. The minimum absolute atomic E-state index is 0.128. The number of hydrogen-bond acceptors (Lipinski definition) is 4. The van der Waals surface area contributed by atoms with E-state index in [2.05, 4.69) is 5.32 Å². The van der Waals surface area contributed by atoms with E-state index in [1.54, 1.807) is 32.4 Å². The Hall–Kier alpha value is -1.75. The second-order valence-corrected chi connectivity index (χ2v) is 5.08. The van der Waals surface area contributed by atoms with Gasteiger partial charge in [-0.2, -0.15) is 0 Å². The normalized spacial score (nSPS) is 22.1. The summed E-state index contributed by atoms with van der Waals surface area (Å²) in [6, 6.07) is 5.24. The number of carbonyl (C=O) groups excluding carboxylic acids is 1. The van der Waals surface area contributed by atoms with Crippen LogP contribution in [0.15, 0.2) is 18.2 Å². The van der Waals surface area contributed by atoms with Crippen molar-refractivity contribution in [1.82, 2.24) is 5.32 Å². The summed E-state index contributed by atoms with van der Waals surface area (Å²) in [4.78, 5) is 12.2. The fraction of sp³-hybridized carbons (Fsp3) is 0.533. The Morgan fingerprint density at radius 3 is 2.15 bits per heavy atom. The third kappa shape index (κ3) is 3.63. The summed E-state index contributed by atoms with van der Waals surface area (Å²) in [6.45, 7) is 0. The summed E-state index contributed by atoms with van der Waals surface area (Å²) in [5, 5.41) is 12.5. The van der Waals surface area contributed by atoms with Crippen molar-refractivity contribution in [3.8, 4) is 11.5 Å². The van der Waals surface area contributed by atoms with Crippen LogP contribution < -0.4 is 14.8 Å². The second kappa shape index (κ2) is 6.61. The lowest BCUT2D eigenvalue weighted by Crippen LogP contribution is -2.38. The molecule has 5 heteroatoms. The van der Waals surface area contributed by atoms with Crippen molar-refractivity contribution >= 4 is 5.91 Å². The molecule has 0 atom stereocenters. The molecule has 1 aromatic rings. The number of aliphatic hydroxyl groups is 1. The SMILES string of the molecule is COc1cc(OC)cc(C(=O)NC2CCC(O)CC2)c1. The molecule has 2 rings (SSSR count). The van der Waals surface area contributed by atoms with Crippen LogP contribution in [0.3, 0.4) is 0 Å². The highest BCUT2D eigenvalue weighted by molar-refractivity contribution is 5.95. The van der Waals surface area contributed by atoms with Gasteiger partial charge in [0.15, 0.2) is 0 Å². The number of rotatable bonds is 4. The maximum Gasteiger partial charge on any atom is 0.251 e. The summed E-state index contributed by atoms with van der Waals surface area (Å²) >= 11 is 0. The molecule has 0 saturated heterocycles. The van der Waals surface area contributed by atoms with E-state index in [9.17, 15) is 9.90 Å². The van der Waals surface area contributed by atoms with Crippen molar-refractivity contribution < 1.29 is 19.4 Å². The molecule has 0 unspecified atom stereocenters. The predicted octanol–water partition coefficient (Wildman–Crippen LogP) is 1.74. The maximum absolute atomic E-state index is 12.2. The van der Waals surface area contributed by atoms with Gasteiger partial charge in [0, 0.05) is 17.7 Å². The molecule has 0 spiro atoms. The van der Waals surface area contributed by atoms with Gasteiger partial charge < -0.3 is 19.9 Å². The zero-order chi connectivity index (χ0) is 14.5. The van der Waals surface area contributed by atoms with E-state index in [-0.39, 0.29) is 18.1 Å². The Kier molecular flexibility index (Phi) is 4.84. The van der Waals surface area contributed by atoms with E-state index in [0.717, 1.165) is 25.7 Å². The van der Waals surface area contributed by atoms with Crippen LogP contribution in [-0.4, -0.2) is 37.4 Å². The molecule has 0 heterocycles. The molecule has 20 heavy (non-hydrogen) atoms. The second-order valence-electron chi connectivity index (χ2n) is 5.08. The Labute approximate surface area is 118 Å². The summed E-state index contributed by atoms with van der Waals surface area (Å²) in [5.41, 5.74) is 0.521. The van der Waals surface area contributed by atoms with Gasteiger partial charge >= 0.3 is 0 Å². The first-order valence-electron chi connectivity index (χ1n) is 6.84. The lowest BCUT2D eigenvalue weighted by atomic mass is 9.93. The van der Waals surface area contributed by atoms with Gasteiger partial charge in [0.1, 0.15) is 11.5 Å². The van der Waals surface area contributed by atoms with E-state index in [0.29, 0.717) is 17.1 Å². The van der Waals surface area contributed by atoms with Gasteiger partial charge in [0.05, 0.1) is 20.3 Å². The number of benzene rings is 1. The standard InChI is InChI=1S/C15H21NO4/c1-19-13-7-10(8-14(9-13)20-2)15(18)16-11-3-5-12(17)6-4-11/h7-9,11-12,17H,3-6H2,1-2H3,(H,16,18). The van der Waals surface area contributed by atoms with Crippen LogP contribution in [0.5, 0.6) is 11.5 Å². The fourth-order valence-electron chi connectivity index (χ4n) is 2.43. The third-order valence-corrected chi connectivity index (χ3v) is 3.65. The number of aliphatic hydroxyl groups excluding tert-OH is 1. The third-order valence-electron chi connectivity index (χ3n) is 3.65. The van der Waals surface area contributed by atoms with Crippen LogP contribution in [0.25, 0.3) is 0 Å². The zero-order valence-corrected chi connectivity index (χ0v) is 11.9. The molecule has 0 aromatic heterocycles. The summed E-state index contributed by atoms with van der Waals surface area (Å²) in [7, 11) is 3.11. The first kappa shape index (κ1) is 14.7. The van der Waals surface area contributed by atoms with E-state index in [1.165, 1.54) is 0 Å². The molecule has 0 aliphatic heterocycles. The number of hydrogen-bond donors (Lipinski definition) is 2. The lowest BCUT2D eigenvalue weighted by molar-refractivity contribution is 0.0867. The molecule has 1 amide bonds. The molecule has 0 bridgehead atoms. The molecule has 2 N–H and O–H groups in total. The number of ether oxygens (including phenoxy) is 2. The van der Waals surface area contributed by atoms with Gasteiger partial charge in [-0.1, -0.05) is 0 Å². The average molecular weight is 279 g/mol. The zero-order valence-electron chi connectivity index (χ0n) is 11.9. The quantitative estimate of drug-likeness (QED) is 0.881. The first-order chi connectivity index (χ1) is 9.62. The fourth-order valence-corrected chi connectivity index (χ4v) is 2.43. The molecule has 1 fully saturated rings. The summed E-state index contributed by atoms with van der Waals surface area (Å²) < 4.78 is 10.3. The number of carbonyl (C=O) groups is 1. The largest absolute Gasteiger partial charge is 0.497 e. The van der Waals surface area contributed by atoms with Crippen LogP contribution in [0.2, 0.25) is 0 Å². The smallest absolute Gasteiger partial charge is 0.251 e. The summed E-state index contributed by atoms with van der Waals surface area (Å²) in [5.74, 6) is 1.05. The predicted molar refractivity (Wildman–Crippen MR) is 75.3 cm³/mol. The molecule has 0 radical (unpaired) electrons. The van der Waals surface area contributed by atoms with Crippen molar-refractivity contribution in [2.45, 2.75) is 37.8 Å². The monoisotopic (exact) mass is 279 g/mol. The Bertz CT molecular complexity index is 445. The van der Waals surface area contributed by atoms with Crippen molar-refractivity contribution in [2.75, 3.05) is 14.2 Å². The minimum atomic E-state index is -0.222. The maximum atomic E-state index is 12.2. The van der Waals surface area contributed by atoms with Crippen LogP contribution in [0, 0.1) is 0 Å². The van der Waals surface area contributed by atoms with Crippen molar-refractivity contribution in [2.24, 2.45) is 0 Å². The molecular weight excluding hydrogens is 258 g/mol.